The fourth-order valence-electron chi connectivity index (χ4n) is 4.14. The molecule has 0 spiro atoms. The molecule has 5 rings (SSSR count). The van der Waals surface area contributed by atoms with Gasteiger partial charge in [-0.3, -0.25) is 4.79 Å². The lowest BCUT2D eigenvalue weighted by molar-refractivity contribution is -0.142. The van der Waals surface area contributed by atoms with Crippen molar-refractivity contribution >= 4 is 22.8 Å². The van der Waals surface area contributed by atoms with Gasteiger partial charge in [-0.15, -0.1) is 0 Å². The Labute approximate surface area is 218 Å². The van der Waals surface area contributed by atoms with Crippen LogP contribution in [0.4, 0.5) is 4.39 Å². The average Bonchev–Trinajstić information content (AvgIpc) is 3.36. The molecule has 3 aromatic carbocycles. The van der Waals surface area contributed by atoms with Gasteiger partial charge in [-0.25, -0.2) is 14.2 Å². The number of fused-ring (bicyclic) bond motifs is 1. The van der Waals surface area contributed by atoms with Crippen molar-refractivity contribution in [2.45, 2.75) is 12.5 Å². The number of halogens is 1. The topological polar surface area (TPSA) is 93.3 Å². The maximum absolute atomic E-state index is 13.1. The van der Waals surface area contributed by atoms with Gasteiger partial charge >= 0.3 is 5.97 Å². The van der Waals surface area contributed by atoms with Crippen LogP contribution < -0.4 is 10.1 Å². The Morgan fingerprint density at radius 3 is 2.37 bits per heavy atom. The van der Waals surface area contributed by atoms with Crippen molar-refractivity contribution in [3.05, 3.63) is 114 Å². The molecule has 1 amide bonds. The number of H-pyrrole nitrogens is 1. The van der Waals surface area contributed by atoms with Gasteiger partial charge in [0.2, 0.25) is 0 Å². The summed E-state index contributed by atoms with van der Waals surface area (Å²) >= 11 is 0. The van der Waals surface area contributed by atoms with Crippen LogP contribution in [0.3, 0.4) is 0 Å². The number of amides is 1. The van der Waals surface area contributed by atoms with Crippen molar-refractivity contribution in [3.8, 4) is 22.8 Å². The second-order valence-corrected chi connectivity index (χ2v) is 8.60. The van der Waals surface area contributed by atoms with Gasteiger partial charge in [-0.2, -0.15) is 0 Å². The van der Waals surface area contributed by atoms with E-state index in [0.29, 0.717) is 17.2 Å². The standard InChI is InChI=1S/C30H24FN3O4/c1-37-30(36)28(17-20-18-32-26-6-3-2-5-24(20)26)34-29(35)27-8-4-7-25(33-27)19-9-13-22(14-10-19)38-23-15-11-21(31)12-16-23/h2-16,18,28,32H,17H2,1H3,(H,34,35). The van der Waals surface area contributed by atoms with E-state index in [-0.39, 0.29) is 17.9 Å². The molecule has 190 valence electrons. The van der Waals surface area contributed by atoms with E-state index in [9.17, 15) is 14.0 Å². The number of aromatic amines is 1. The number of nitrogens with zero attached hydrogens (tertiary/aromatic N) is 1. The second kappa shape index (κ2) is 11.0. The number of hydrogen-bond donors (Lipinski definition) is 2. The maximum Gasteiger partial charge on any atom is 0.328 e. The highest BCUT2D eigenvalue weighted by molar-refractivity contribution is 5.96. The first-order valence-electron chi connectivity index (χ1n) is 11.9. The number of carbonyl (C=O) groups excluding carboxylic acids is 2. The van der Waals surface area contributed by atoms with Gasteiger partial charge in [-0.05, 0) is 72.3 Å². The number of hydrogen-bond acceptors (Lipinski definition) is 5. The van der Waals surface area contributed by atoms with Crippen molar-refractivity contribution < 1.29 is 23.5 Å². The van der Waals surface area contributed by atoms with Crippen LogP contribution in [-0.4, -0.2) is 35.0 Å². The average molecular weight is 510 g/mol. The van der Waals surface area contributed by atoms with Crippen LogP contribution >= 0.6 is 0 Å². The zero-order chi connectivity index (χ0) is 26.5. The first-order chi connectivity index (χ1) is 18.5. The number of rotatable bonds is 8. The highest BCUT2D eigenvalue weighted by Crippen LogP contribution is 2.25. The minimum Gasteiger partial charge on any atom is -0.467 e. The van der Waals surface area contributed by atoms with Gasteiger partial charge < -0.3 is 19.8 Å². The van der Waals surface area contributed by atoms with Gasteiger partial charge in [0.25, 0.3) is 5.91 Å². The molecule has 0 saturated heterocycles. The van der Waals surface area contributed by atoms with Gasteiger partial charge in [0.05, 0.1) is 12.8 Å². The number of methoxy groups -OCH3 is 1. The summed E-state index contributed by atoms with van der Waals surface area (Å²) in [6.45, 7) is 0. The molecule has 0 fully saturated rings. The van der Waals surface area contributed by atoms with E-state index in [2.05, 4.69) is 15.3 Å². The fraction of sp³-hybridized carbons (Fsp3) is 0.100. The summed E-state index contributed by atoms with van der Waals surface area (Å²) in [4.78, 5) is 33.3. The summed E-state index contributed by atoms with van der Waals surface area (Å²) in [6.07, 6.45) is 2.09. The van der Waals surface area contributed by atoms with Gasteiger partial charge in [0.15, 0.2) is 0 Å². The summed E-state index contributed by atoms with van der Waals surface area (Å²) in [5.41, 5.74) is 3.36. The second-order valence-electron chi connectivity index (χ2n) is 8.60. The van der Waals surface area contributed by atoms with E-state index >= 15 is 0 Å². The van der Waals surface area contributed by atoms with E-state index in [4.69, 9.17) is 9.47 Å². The third-order valence-electron chi connectivity index (χ3n) is 6.07. The number of benzene rings is 3. The highest BCUT2D eigenvalue weighted by atomic mass is 19.1. The monoisotopic (exact) mass is 509 g/mol. The Morgan fingerprint density at radius 1 is 0.921 bits per heavy atom. The number of nitrogens with one attached hydrogen (secondary N) is 2. The van der Waals surface area contributed by atoms with Crippen LogP contribution in [0.2, 0.25) is 0 Å². The van der Waals surface area contributed by atoms with E-state index in [1.54, 1.807) is 42.5 Å². The largest absolute Gasteiger partial charge is 0.467 e. The van der Waals surface area contributed by atoms with E-state index < -0.39 is 17.9 Å². The first-order valence-corrected chi connectivity index (χ1v) is 11.9. The first kappa shape index (κ1) is 24.7. The van der Waals surface area contributed by atoms with Crippen molar-refractivity contribution in [3.63, 3.8) is 0 Å². The lowest BCUT2D eigenvalue weighted by Crippen LogP contribution is -2.43. The number of ether oxygens (including phenoxy) is 2. The summed E-state index contributed by atoms with van der Waals surface area (Å²) < 4.78 is 23.8. The molecule has 0 saturated carbocycles. The van der Waals surface area contributed by atoms with Crippen LogP contribution in [0.5, 0.6) is 11.5 Å². The van der Waals surface area contributed by atoms with Crippen molar-refractivity contribution in [1.29, 1.82) is 0 Å². The third kappa shape index (κ3) is 5.54. The summed E-state index contributed by atoms with van der Waals surface area (Å²) in [7, 11) is 1.29. The molecule has 7 nitrogen and oxygen atoms in total. The predicted octanol–water partition coefficient (Wildman–Crippen LogP) is 5.68. The molecule has 0 radical (unpaired) electrons. The molecule has 1 atom stereocenters. The van der Waals surface area contributed by atoms with Crippen molar-refractivity contribution in [2.24, 2.45) is 0 Å². The zero-order valence-electron chi connectivity index (χ0n) is 20.5. The van der Waals surface area contributed by atoms with Crippen LogP contribution in [-0.2, 0) is 16.0 Å². The smallest absolute Gasteiger partial charge is 0.328 e. The molecule has 2 heterocycles. The molecule has 38 heavy (non-hydrogen) atoms. The number of pyridine rings is 1. The molecule has 2 N–H and O–H groups in total. The lowest BCUT2D eigenvalue weighted by atomic mass is 10.0. The number of carbonyl (C=O) groups is 2. The van der Waals surface area contributed by atoms with Crippen LogP contribution in [0.1, 0.15) is 16.1 Å². The SMILES string of the molecule is COC(=O)C(Cc1c[nH]c2ccccc12)NC(=O)c1cccc(-c2ccc(Oc3ccc(F)cc3)cc2)n1. The molecule has 0 aliphatic carbocycles. The molecular weight excluding hydrogens is 485 g/mol. The quantitative estimate of drug-likeness (QED) is 0.263. The normalized spacial score (nSPS) is 11.6. The van der Waals surface area contributed by atoms with Gasteiger partial charge in [-0.1, -0.05) is 24.3 Å². The Hall–Kier alpha value is -4.98. The summed E-state index contributed by atoms with van der Waals surface area (Å²) in [6, 6.07) is 24.9. The Bertz CT molecular complexity index is 1580. The van der Waals surface area contributed by atoms with E-state index in [1.165, 1.54) is 19.2 Å². The number of para-hydroxylation sites is 1. The third-order valence-corrected chi connectivity index (χ3v) is 6.07. The van der Waals surface area contributed by atoms with Gasteiger partial charge in [0.1, 0.15) is 29.1 Å². The molecular formula is C30H24FN3O4. The highest BCUT2D eigenvalue weighted by Gasteiger charge is 2.24. The fourth-order valence-corrected chi connectivity index (χ4v) is 4.14. The summed E-state index contributed by atoms with van der Waals surface area (Å²) in [5, 5.41) is 3.74. The van der Waals surface area contributed by atoms with Crippen LogP contribution in [0, 0.1) is 5.82 Å². The number of esters is 1. The molecule has 0 bridgehead atoms. The Kier molecular flexibility index (Phi) is 7.13. The summed E-state index contributed by atoms with van der Waals surface area (Å²) in [5.74, 6) is -0.273. The van der Waals surface area contributed by atoms with Crippen molar-refractivity contribution in [2.75, 3.05) is 7.11 Å². The van der Waals surface area contributed by atoms with Crippen LogP contribution in [0.15, 0.2) is 97.2 Å². The van der Waals surface area contributed by atoms with Crippen molar-refractivity contribution in [1.82, 2.24) is 15.3 Å². The van der Waals surface area contributed by atoms with Crippen LogP contribution in [0.25, 0.3) is 22.2 Å². The van der Waals surface area contributed by atoms with E-state index in [1.807, 2.05) is 42.6 Å². The lowest BCUT2D eigenvalue weighted by Gasteiger charge is -2.16. The maximum atomic E-state index is 13.1. The molecule has 1 unspecified atom stereocenters. The molecule has 0 aliphatic rings. The minimum absolute atomic E-state index is 0.168. The Morgan fingerprint density at radius 2 is 1.63 bits per heavy atom. The molecule has 0 aliphatic heterocycles. The molecule has 2 aromatic heterocycles. The minimum atomic E-state index is -0.889. The zero-order valence-corrected chi connectivity index (χ0v) is 20.5. The Balaban J connectivity index is 1.30. The molecule has 5 aromatic rings. The number of aromatic nitrogens is 2. The molecule has 8 heteroatoms. The van der Waals surface area contributed by atoms with Gasteiger partial charge in [0, 0.05) is 29.1 Å². The van der Waals surface area contributed by atoms with E-state index in [0.717, 1.165) is 22.0 Å². The predicted molar refractivity (Wildman–Crippen MR) is 141 cm³/mol.